The van der Waals surface area contributed by atoms with Gasteiger partial charge in [0.05, 0.1) is 0 Å². The van der Waals surface area contributed by atoms with Crippen molar-refractivity contribution in [3.8, 4) is 0 Å². The predicted octanol–water partition coefficient (Wildman–Crippen LogP) is 5.22. The van der Waals surface area contributed by atoms with E-state index in [1.54, 1.807) is 47.6 Å². The molecule has 1 atom stereocenters. The highest BCUT2D eigenvalue weighted by Crippen LogP contribution is 2.17. The largest absolute Gasteiger partial charge is 0.459 e. The van der Waals surface area contributed by atoms with E-state index in [1.165, 1.54) is 4.90 Å². The number of ether oxygens (including phenoxy) is 3. The number of amides is 2. The molecule has 0 bridgehead atoms. The van der Waals surface area contributed by atoms with Crippen LogP contribution in [-0.2, 0) is 25.6 Å². The van der Waals surface area contributed by atoms with Gasteiger partial charge in [0.2, 0.25) is 0 Å². The molecule has 190 valence electrons. The number of carbonyl (C=O) groups is 3. The van der Waals surface area contributed by atoms with E-state index in [0.717, 1.165) is 5.56 Å². The van der Waals surface area contributed by atoms with Gasteiger partial charge in [0.15, 0.2) is 0 Å². The third-order valence-electron chi connectivity index (χ3n) is 4.39. The minimum absolute atomic E-state index is 0.104. The van der Waals surface area contributed by atoms with Gasteiger partial charge in [0, 0.05) is 13.1 Å². The third kappa shape index (κ3) is 12.3. The highest BCUT2D eigenvalue weighted by atomic mass is 16.6. The van der Waals surface area contributed by atoms with Crippen molar-refractivity contribution in [2.45, 2.75) is 84.7 Å². The average Bonchev–Trinajstić information content (AvgIpc) is 2.71. The van der Waals surface area contributed by atoms with E-state index >= 15 is 0 Å². The molecule has 0 radical (unpaired) electrons. The molecule has 34 heavy (non-hydrogen) atoms. The molecule has 0 saturated carbocycles. The first-order chi connectivity index (χ1) is 15.8. The SMILES string of the molecule is C=CCCC(C(=O)OCc1ccccc1)N(CCCNC(=O)OC(C)(C)C)C(=O)OC(C)(C)C. The number of nitrogens with one attached hydrogen (secondary N) is 1. The molecule has 0 fully saturated rings. The summed E-state index contributed by atoms with van der Waals surface area (Å²) in [6.45, 7) is 14.9. The number of allylic oxidation sites excluding steroid dienone is 1. The first-order valence-electron chi connectivity index (χ1n) is 11.6. The molecular formula is C26H40N2O6. The average molecular weight is 477 g/mol. The Balaban J connectivity index is 2.91. The van der Waals surface area contributed by atoms with Crippen LogP contribution in [0.5, 0.6) is 0 Å². The minimum Gasteiger partial charge on any atom is -0.459 e. The van der Waals surface area contributed by atoms with Crippen molar-refractivity contribution in [3.05, 3.63) is 48.6 Å². The highest BCUT2D eigenvalue weighted by Gasteiger charge is 2.33. The zero-order valence-electron chi connectivity index (χ0n) is 21.4. The van der Waals surface area contributed by atoms with Gasteiger partial charge in [-0.05, 0) is 66.4 Å². The summed E-state index contributed by atoms with van der Waals surface area (Å²) in [5.41, 5.74) is -0.491. The molecule has 1 rings (SSSR count). The Morgan fingerprint density at radius 3 is 2.21 bits per heavy atom. The molecule has 0 heterocycles. The van der Waals surface area contributed by atoms with Crippen molar-refractivity contribution in [2.75, 3.05) is 13.1 Å². The minimum atomic E-state index is -0.849. The molecule has 0 spiro atoms. The number of hydrogen-bond donors (Lipinski definition) is 1. The summed E-state index contributed by atoms with van der Waals surface area (Å²) in [6, 6.07) is 8.48. The number of alkyl carbamates (subject to hydrolysis) is 1. The number of nitrogens with zero attached hydrogens (tertiary/aromatic N) is 1. The maximum atomic E-state index is 13.0. The Hall–Kier alpha value is -3.03. The summed E-state index contributed by atoms with van der Waals surface area (Å²) in [4.78, 5) is 39.3. The van der Waals surface area contributed by atoms with Crippen molar-refractivity contribution >= 4 is 18.2 Å². The number of rotatable bonds is 11. The van der Waals surface area contributed by atoms with E-state index in [-0.39, 0.29) is 19.7 Å². The van der Waals surface area contributed by atoms with Crippen molar-refractivity contribution in [2.24, 2.45) is 0 Å². The normalized spacial score (nSPS) is 12.3. The van der Waals surface area contributed by atoms with E-state index in [1.807, 2.05) is 30.3 Å². The fraction of sp³-hybridized carbons (Fsp3) is 0.577. The van der Waals surface area contributed by atoms with E-state index in [4.69, 9.17) is 14.2 Å². The molecule has 1 aromatic rings. The maximum absolute atomic E-state index is 13.0. The zero-order chi connectivity index (χ0) is 25.8. The fourth-order valence-corrected chi connectivity index (χ4v) is 2.95. The van der Waals surface area contributed by atoms with Crippen molar-refractivity contribution in [3.63, 3.8) is 0 Å². The summed E-state index contributed by atoms with van der Waals surface area (Å²) in [7, 11) is 0. The van der Waals surface area contributed by atoms with Crippen LogP contribution < -0.4 is 5.32 Å². The summed E-state index contributed by atoms with van der Waals surface area (Å²) < 4.78 is 16.3. The van der Waals surface area contributed by atoms with Crippen molar-refractivity contribution in [1.82, 2.24) is 10.2 Å². The predicted molar refractivity (Wildman–Crippen MR) is 131 cm³/mol. The Morgan fingerprint density at radius 2 is 1.65 bits per heavy atom. The second-order valence-corrected chi connectivity index (χ2v) is 9.93. The van der Waals surface area contributed by atoms with Gasteiger partial charge in [-0.2, -0.15) is 0 Å². The van der Waals surface area contributed by atoms with Gasteiger partial charge in [0.25, 0.3) is 0 Å². The van der Waals surface area contributed by atoms with Crippen LogP contribution in [0.15, 0.2) is 43.0 Å². The fourth-order valence-electron chi connectivity index (χ4n) is 2.95. The van der Waals surface area contributed by atoms with Gasteiger partial charge >= 0.3 is 18.2 Å². The molecule has 0 aliphatic rings. The third-order valence-corrected chi connectivity index (χ3v) is 4.39. The molecule has 0 saturated heterocycles. The smallest absolute Gasteiger partial charge is 0.411 e. The van der Waals surface area contributed by atoms with Crippen LogP contribution in [0.3, 0.4) is 0 Å². The lowest BCUT2D eigenvalue weighted by Crippen LogP contribution is -2.48. The second-order valence-electron chi connectivity index (χ2n) is 9.93. The Morgan fingerprint density at radius 1 is 1.03 bits per heavy atom. The lowest BCUT2D eigenvalue weighted by molar-refractivity contribution is -0.151. The second kappa shape index (κ2) is 13.6. The molecular weight excluding hydrogens is 436 g/mol. The Labute approximate surface area is 203 Å². The first-order valence-corrected chi connectivity index (χ1v) is 11.6. The molecule has 1 aromatic carbocycles. The van der Waals surface area contributed by atoms with Gasteiger partial charge in [-0.15, -0.1) is 6.58 Å². The molecule has 0 aliphatic carbocycles. The van der Waals surface area contributed by atoms with Crippen LogP contribution >= 0.6 is 0 Å². The van der Waals surface area contributed by atoms with Crippen LogP contribution in [0.25, 0.3) is 0 Å². The van der Waals surface area contributed by atoms with Crippen molar-refractivity contribution < 1.29 is 28.6 Å². The van der Waals surface area contributed by atoms with Gasteiger partial charge < -0.3 is 19.5 Å². The van der Waals surface area contributed by atoms with E-state index in [9.17, 15) is 14.4 Å². The van der Waals surface area contributed by atoms with Gasteiger partial charge in [-0.3, -0.25) is 4.90 Å². The highest BCUT2D eigenvalue weighted by molar-refractivity contribution is 5.81. The summed E-state index contributed by atoms with van der Waals surface area (Å²) in [5.74, 6) is -0.517. The first kappa shape index (κ1) is 29.0. The summed E-state index contributed by atoms with van der Waals surface area (Å²) in [6.07, 6.45) is 1.79. The van der Waals surface area contributed by atoms with E-state index in [0.29, 0.717) is 19.3 Å². The quantitative estimate of drug-likeness (QED) is 0.204. The monoisotopic (exact) mass is 476 g/mol. The maximum Gasteiger partial charge on any atom is 0.411 e. The van der Waals surface area contributed by atoms with E-state index < -0.39 is 35.4 Å². The number of benzene rings is 1. The molecule has 2 amide bonds. The van der Waals surface area contributed by atoms with Crippen molar-refractivity contribution in [1.29, 1.82) is 0 Å². The Kier molecular flexibility index (Phi) is 11.6. The molecule has 8 heteroatoms. The molecule has 8 nitrogen and oxygen atoms in total. The number of carbonyl (C=O) groups excluding carboxylic acids is 3. The molecule has 1 unspecified atom stereocenters. The van der Waals surface area contributed by atoms with Crippen LogP contribution in [0.1, 0.15) is 66.4 Å². The lowest BCUT2D eigenvalue weighted by Gasteiger charge is -2.32. The molecule has 0 aromatic heterocycles. The topological polar surface area (TPSA) is 94.2 Å². The van der Waals surface area contributed by atoms with Gasteiger partial charge in [-0.25, -0.2) is 14.4 Å². The van der Waals surface area contributed by atoms with Crippen LogP contribution in [0.4, 0.5) is 9.59 Å². The summed E-state index contributed by atoms with van der Waals surface area (Å²) >= 11 is 0. The van der Waals surface area contributed by atoms with Crippen LogP contribution in [0.2, 0.25) is 0 Å². The number of esters is 1. The van der Waals surface area contributed by atoms with Gasteiger partial charge in [-0.1, -0.05) is 36.4 Å². The standard InChI is InChI=1S/C26H40N2O6/c1-8-9-16-21(22(29)32-19-20-14-11-10-12-15-20)28(24(31)34-26(5,6)7)18-13-17-27-23(30)33-25(2,3)4/h8,10-12,14-15,21H,1,9,13,16-19H2,2-7H3,(H,27,30). The Bertz CT molecular complexity index is 796. The van der Waals surface area contributed by atoms with Gasteiger partial charge in [0.1, 0.15) is 23.9 Å². The van der Waals surface area contributed by atoms with Crippen LogP contribution in [-0.4, -0.2) is 53.4 Å². The lowest BCUT2D eigenvalue weighted by atomic mass is 10.1. The molecule has 1 N–H and O–H groups in total. The summed E-state index contributed by atoms with van der Waals surface area (Å²) in [5, 5.41) is 2.67. The zero-order valence-corrected chi connectivity index (χ0v) is 21.4. The van der Waals surface area contributed by atoms with E-state index in [2.05, 4.69) is 11.9 Å². The van der Waals surface area contributed by atoms with Crippen LogP contribution in [0, 0.1) is 0 Å². The molecule has 0 aliphatic heterocycles. The number of hydrogen-bond acceptors (Lipinski definition) is 6.